The maximum absolute atomic E-state index is 10.6. The first-order chi connectivity index (χ1) is 5.04. The summed E-state index contributed by atoms with van der Waals surface area (Å²) in [7, 11) is 0. The highest BCUT2D eigenvalue weighted by molar-refractivity contribution is 6.49. The van der Waals surface area contributed by atoms with Crippen LogP contribution in [-0.4, -0.2) is 22.2 Å². The summed E-state index contributed by atoms with van der Waals surface area (Å²) >= 11 is 16.1. The number of ether oxygens (including phenoxy) is 1. The maximum atomic E-state index is 10.6. The number of hydrogen-bond donors (Lipinski definition) is 1. The molecule has 11 heavy (non-hydrogen) atoms. The van der Waals surface area contributed by atoms with E-state index in [1.165, 1.54) is 0 Å². The van der Waals surface area contributed by atoms with Gasteiger partial charge in [0.05, 0.1) is 5.57 Å². The second-order valence-electron chi connectivity index (χ2n) is 1.83. The van der Waals surface area contributed by atoms with Gasteiger partial charge in [-0.2, -0.15) is 0 Å². The van der Waals surface area contributed by atoms with Crippen LogP contribution >= 0.6 is 34.8 Å². The molecule has 0 fully saturated rings. The minimum absolute atomic E-state index is 0.000000000000000444. The molecule has 1 aliphatic heterocycles. The van der Waals surface area contributed by atoms with Crippen molar-refractivity contribution in [1.82, 2.24) is 0 Å². The lowest BCUT2D eigenvalue weighted by Crippen LogP contribution is -2.13. The molecule has 0 aromatic rings. The SMILES string of the molecule is O=C1O[C@H](O)C(C(Cl)Cl)=C1Cl. The number of hydrogen-bond acceptors (Lipinski definition) is 3. The predicted octanol–water partition coefficient (Wildman–Crippen LogP) is 1.16. The van der Waals surface area contributed by atoms with E-state index in [2.05, 4.69) is 4.74 Å². The molecule has 0 bridgehead atoms. The van der Waals surface area contributed by atoms with Crippen molar-refractivity contribution in [3.05, 3.63) is 10.6 Å². The third kappa shape index (κ3) is 1.62. The molecule has 1 atom stereocenters. The molecule has 1 heterocycles. The van der Waals surface area contributed by atoms with Crippen LogP contribution < -0.4 is 0 Å². The van der Waals surface area contributed by atoms with Crippen molar-refractivity contribution in [2.75, 3.05) is 0 Å². The van der Waals surface area contributed by atoms with Crippen LogP contribution in [0, 0.1) is 0 Å². The van der Waals surface area contributed by atoms with Gasteiger partial charge in [0.25, 0.3) is 0 Å². The minimum Gasteiger partial charge on any atom is -0.427 e. The fourth-order valence-electron chi connectivity index (χ4n) is 0.646. The van der Waals surface area contributed by atoms with Gasteiger partial charge in [0.15, 0.2) is 0 Å². The summed E-state index contributed by atoms with van der Waals surface area (Å²) in [6.07, 6.45) is -1.41. The van der Waals surface area contributed by atoms with Gasteiger partial charge in [-0.05, 0) is 0 Å². The molecule has 62 valence electrons. The first-order valence-electron chi connectivity index (χ1n) is 2.60. The Morgan fingerprint density at radius 3 is 2.27 bits per heavy atom. The van der Waals surface area contributed by atoms with Crippen LogP contribution in [0.5, 0.6) is 0 Å². The lowest BCUT2D eigenvalue weighted by atomic mass is 10.3. The third-order valence-corrected chi connectivity index (χ3v) is 2.00. The quantitative estimate of drug-likeness (QED) is 0.529. The zero-order valence-electron chi connectivity index (χ0n) is 5.05. The van der Waals surface area contributed by atoms with E-state index in [1.807, 2.05) is 0 Å². The number of alkyl halides is 2. The smallest absolute Gasteiger partial charge is 0.352 e. The molecule has 0 aromatic heterocycles. The lowest BCUT2D eigenvalue weighted by Gasteiger charge is -2.05. The van der Waals surface area contributed by atoms with Crippen LogP contribution in [0.4, 0.5) is 0 Å². The topological polar surface area (TPSA) is 46.5 Å². The number of rotatable bonds is 1. The Labute approximate surface area is 77.5 Å². The fourth-order valence-corrected chi connectivity index (χ4v) is 1.44. The first-order valence-corrected chi connectivity index (χ1v) is 3.86. The van der Waals surface area contributed by atoms with Crippen LogP contribution in [0.15, 0.2) is 10.6 Å². The number of esters is 1. The standard InChI is InChI=1S/C5H3Cl3O3/c6-2-1(3(7)8)4(9)11-5(2)10/h3-4,9H/t4-/m0/s1. The van der Waals surface area contributed by atoms with Gasteiger partial charge in [0, 0.05) is 0 Å². The fraction of sp³-hybridized carbons (Fsp3) is 0.400. The van der Waals surface area contributed by atoms with Gasteiger partial charge in [-0.25, -0.2) is 4.79 Å². The van der Waals surface area contributed by atoms with Crippen molar-refractivity contribution < 1.29 is 14.6 Å². The second-order valence-corrected chi connectivity index (χ2v) is 3.30. The largest absolute Gasteiger partial charge is 0.427 e. The van der Waals surface area contributed by atoms with E-state index in [-0.39, 0.29) is 10.6 Å². The van der Waals surface area contributed by atoms with Gasteiger partial charge in [0.2, 0.25) is 6.29 Å². The van der Waals surface area contributed by atoms with Crippen molar-refractivity contribution in [2.24, 2.45) is 0 Å². The summed E-state index contributed by atoms with van der Waals surface area (Å²) in [5, 5.41) is 8.70. The van der Waals surface area contributed by atoms with Gasteiger partial charge in [-0.15, -0.1) is 23.2 Å². The molecule has 0 unspecified atom stereocenters. The Bertz CT molecular complexity index is 223. The van der Waals surface area contributed by atoms with Crippen molar-refractivity contribution in [2.45, 2.75) is 11.1 Å². The summed E-state index contributed by atoms with van der Waals surface area (Å²) in [4.78, 5) is 9.59. The van der Waals surface area contributed by atoms with E-state index in [0.717, 1.165) is 0 Å². The number of carbonyl (C=O) groups excluding carboxylic acids is 1. The van der Waals surface area contributed by atoms with Gasteiger partial charge >= 0.3 is 5.97 Å². The van der Waals surface area contributed by atoms with E-state index >= 15 is 0 Å². The van der Waals surface area contributed by atoms with Crippen LogP contribution in [0.2, 0.25) is 0 Å². The normalized spacial score (nSPS) is 24.8. The van der Waals surface area contributed by atoms with Gasteiger partial charge in [-0.1, -0.05) is 11.6 Å². The number of cyclic esters (lactones) is 1. The van der Waals surface area contributed by atoms with E-state index in [1.54, 1.807) is 0 Å². The highest BCUT2D eigenvalue weighted by atomic mass is 35.5. The molecule has 3 nitrogen and oxygen atoms in total. The minimum atomic E-state index is -1.41. The Kier molecular flexibility index (Phi) is 2.65. The molecule has 0 aliphatic carbocycles. The second kappa shape index (κ2) is 3.19. The molecular weight excluding hydrogens is 214 g/mol. The van der Waals surface area contributed by atoms with Gasteiger partial charge in [0.1, 0.15) is 9.87 Å². The van der Waals surface area contributed by atoms with E-state index in [4.69, 9.17) is 39.9 Å². The van der Waals surface area contributed by atoms with Crippen LogP contribution in [0.3, 0.4) is 0 Å². The molecule has 0 saturated heterocycles. The molecule has 0 amide bonds. The molecule has 0 radical (unpaired) electrons. The Morgan fingerprint density at radius 2 is 2.09 bits per heavy atom. The van der Waals surface area contributed by atoms with E-state index < -0.39 is 17.1 Å². The lowest BCUT2D eigenvalue weighted by molar-refractivity contribution is -0.151. The number of aliphatic hydroxyl groups is 1. The summed E-state index contributed by atoms with van der Waals surface area (Å²) in [6, 6.07) is 0. The first kappa shape index (κ1) is 9.13. The zero-order valence-corrected chi connectivity index (χ0v) is 7.32. The van der Waals surface area contributed by atoms with Gasteiger partial charge in [-0.3, -0.25) is 0 Å². The van der Waals surface area contributed by atoms with Crippen molar-refractivity contribution in [3.8, 4) is 0 Å². The predicted molar refractivity (Wildman–Crippen MR) is 40.5 cm³/mol. The molecule has 1 aliphatic rings. The van der Waals surface area contributed by atoms with Crippen molar-refractivity contribution >= 4 is 40.8 Å². The van der Waals surface area contributed by atoms with Crippen molar-refractivity contribution in [1.29, 1.82) is 0 Å². The summed E-state index contributed by atoms with van der Waals surface area (Å²) < 4.78 is 4.29. The molecule has 0 spiro atoms. The highest BCUT2D eigenvalue weighted by Crippen LogP contribution is 2.30. The van der Waals surface area contributed by atoms with Crippen molar-refractivity contribution in [3.63, 3.8) is 0 Å². The molecule has 1 rings (SSSR count). The maximum Gasteiger partial charge on any atom is 0.352 e. The summed E-state index contributed by atoms with van der Waals surface area (Å²) in [5.74, 6) is -0.805. The summed E-state index contributed by atoms with van der Waals surface area (Å²) in [6.45, 7) is 0. The molecule has 6 heteroatoms. The zero-order chi connectivity index (χ0) is 8.59. The van der Waals surface area contributed by atoms with Gasteiger partial charge < -0.3 is 9.84 Å². The number of aliphatic hydroxyl groups excluding tert-OH is 1. The average Bonchev–Trinajstić information content (AvgIpc) is 2.07. The Morgan fingerprint density at radius 1 is 1.55 bits per heavy atom. The molecule has 0 aromatic carbocycles. The monoisotopic (exact) mass is 216 g/mol. The third-order valence-electron chi connectivity index (χ3n) is 1.15. The molecule has 0 saturated carbocycles. The Balaban J connectivity index is 2.97. The van der Waals surface area contributed by atoms with Crippen LogP contribution in [-0.2, 0) is 9.53 Å². The average molecular weight is 217 g/mol. The van der Waals surface area contributed by atoms with Crippen LogP contribution in [0.1, 0.15) is 0 Å². The van der Waals surface area contributed by atoms with Crippen LogP contribution in [0.25, 0.3) is 0 Å². The van der Waals surface area contributed by atoms with E-state index in [9.17, 15) is 4.79 Å². The summed E-state index contributed by atoms with van der Waals surface area (Å²) in [5.41, 5.74) is 0.000000000000000444. The number of halogens is 3. The molecule has 1 N–H and O–H groups in total. The molecular formula is C5H3Cl3O3. The highest BCUT2D eigenvalue weighted by Gasteiger charge is 2.34. The number of carbonyl (C=O) groups is 1. The van der Waals surface area contributed by atoms with E-state index in [0.29, 0.717) is 0 Å². The Hall–Kier alpha value is 0.0400.